The van der Waals surface area contributed by atoms with Gasteiger partial charge in [0.25, 0.3) is 0 Å². The van der Waals surface area contributed by atoms with Crippen molar-refractivity contribution in [3.05, 3.63) is 48.0 Å². The van der Waals surface area contributed by atoms with Gasteiger partial charge >= 0.3 is 0 Å². The summed E-state index contributed by atoms with van der Waals surface area (Å²) in [5, 5.41) is 2.90. The van der Waals surface area contributed by atoms with E-state index in [4.69, 9.17) is 14.2 Å². The van der Waals surface area contributed by atoms with Crippen molar-refractivity contribution in [3.63, 3.8) is 0 Å². The van der Waals surface area contributed by atoms with Crippen molar-refractivity contribution in [1.82, 2.24) is 10.2 Å². The SMILES string of the molecule is CCCCNC(=O)C(CC)N(Cc1ccc(OC)cc1)C(=O)CN(c1ccc(OC)cc1OC)S(C)(=O)=O. The summed E-state index contributed by atoms with van der Waals surface area (Å²) in [5.74, 6) is 0.554. The summed E-state index contributed by atoms with van der Waals surface area (Å²) < 4.78 is 42.5. The molecule has 11 heteroatoms. The van der Waals surface area contributed by atoms with Crippen LogP contribution in [0.1, 0.15) is 38.7 Å². The summed E-state index contributed by atoms with van der Waals surface area (Å²) in [6, 6.07) is 11.0. The number of hydrogen-bond acceptors (Lipinski definition) is 7. The minimum Gasteiger partial charge on any atom is -0.497 e. The maximum absolute atomic E-state index is 13.8. The predicted molar refractivity (Wildman–Crippen MR) is 147 cm³/mol. The van der Waals surface area contributed by atoms with Crippen molar-refractivity contribution >= 4 is 27.5 Å². The maximum Gasteiger partial charge on any atom is 0.244 e. The van der Waals surface area contributed by atoms with Crippen LogP contribution in [0, 0.1) is 0 Å². The average Bonchev–Trinajstić information content (AvgIpc) is 2.91. The van der Waals surface area contributed by atoms with Gasteiger partial charge in [0.1, 0.15) is 29.8 Å². The summed E-state index contributed by atoms with van der Waals surface area (Å²) in [4.78, 5) is 28.4. The van der Waals surface area contributed by atoms with E-state index in [1.165, 1.54) is 25.2 Å². The monoisotopic (exact) mass is 549 g/mol. The Bertz CT molecular complexity index is 1170. The van der Waals surface area contributed by atoms with Crippen LogP contribution in [-0.2, 0) is 26.2 Å². The Morgan fingerprint density at radius 2 is 1.58 bits per heavy atom. The van der Waals surface area contributed by atoms with Gasteiger partial charge in [-0.1, -0.05) is 32.4 Å². The fourth-order valence-electron chi connectivity index (χ4n) is 3.94. The molecule has 2 amide bonds. The lowest BCUT2D eigenvalue weighted by Crippen LogP contribution is -2.52. The number of unbranched alkanes of at least 4 members (excludes halogenated alkanes) is 1. The first-order valence-corrected chi connectivity index (χ1v) is 14.3. The van der Waals surface area contributed by atoms with E-state index in [0.717, 1.165) is 29.0 Å². The fourth-order valence-corrected chi connectivity index (χ4v) is 4.79. The van der Waals surface area contributed by atoms with Crippen molar-refractivity contribution in [1.29, 1.82) is 0 Å². The molecular formula is C27H39N3O7S. The third-order valence-electron chi connectivity index (χ3n) is 6.06. The van der Waals surface area contributed by atoms with Crippen molar-refractivity contribution in [3.8, 4) is 17.2 Å². The van der Waals surface area contributed by atoms with Gasteiger partial charge in [0.15, 0.2) is 0 Å². The molecule has 10 nitrogen and oxygen atoms in total. The summed E-state index contributed by atoms with van der Waals surface area (Å²) in [6.07, 6.45) is 3.10. The van der Waals surface area contributed by atoms with E-state index < -0.39 is 28.5 Å². The largest absolute Gasteiger partial charge is 0.497 e. The molecule has 1 atom stereocenters. The Hall–Kier alpha value is -3.47. The normalized spacial score (nSPS) is 11.8. The van der Waals surface area contributed by atoms with Crippen LogP contribution >= 0.6 is 0 Å². The number of hydrogen-bond donors (Lipinski definition) is 1. The number of carbonyl (C=O) groups excluding carboxylic acids is 2. The molecule has 1 N–H and O–H groups in total. The molecule has 0 bridgehead atoms. The molecule has 0 spiro atoms. The zero-order chi connectivity index (χ0) is 28.3. The molecule has 0 aliphatic carbocycles. The molecule has 0 saturated carbocycles. The average molecular weight is 550 g/mol. The summed E-state index contributed by atoms with van der Waals surface area (Å²) in [5.41, 5.74) is 0.959. The Balaban J connectivity index is 2.47. The second-order valence-electron chi connectivity index (χ2n) is 8.75. The van der Waals surface area contributed by atoms with Crippen LogP contribution in [0.15, 0.2) is 42.5 Å². The minimum absolute atomic E-state index is 0.111. The van der Waals surface area contributed by atoms with Crippen LogP contribution < -0.4 is 23.8 Å². The number of ether oxygens (including phenoxy) is 3. The Labute approximate surface area is 225 Å². The van der Waals surface area contributed by atoms with Gasteiger partial charge in [-0.05, 0) is 42.7 Å². The molecule has 1 unspecified atom stereocenters. The maximum atomic E-state index is 13.8. The number of amides is 2. The minimum atomic E-state index is -3.90. The lowest BCUT2D eigenvalue weighted by Gasteiger charge is -2.33. The lowest BCUT2D eigenvalue weighted by atomic mass is 10.1. The number of anilines is 1. The van der Waals surface area contributed by atoms with Gasteiger partial charge in [-0.25, -0.2) is 8.42 Å². The molecule has 0 fully saturated rings. The van der Waals surface area contributed by atoms with E-state index in [9.17, 15) is 18.0 Å². The molecule has 0 saturated heterocycles. The number of sulfonamides is 1. The molecule has 0 radical (unpaired) electrons. The van der Waals surface area contributed by atoms with Crippen molar-refractivity contribution < 1.29 is 32.2 Å². The molecule has 0 aromatic heterocycles. The van der Waals surface area contributed by atoms with Gasteiger partial charge in [-0.2, -0.15) is 0 Å². The quantitative estimate of drug-likeness (QED) is 0.339. The van der Waals surface area contributed by atoms with Crippen LogP contribution in [-0.4, -0.2) is 71.8 Å². The smallest absolute Gasteiger partial charge is 0.244 e. The summed E-state index contributed by atoms with van der Waals surface area (Å²) >= 11 is 0. The Morgan fingerprint density at radius 1 is 0.947 bits per heavy atom. The van der Waals surface area contributed by atoms with E-state index in [2.05, 4.69) is 5.32 Å². The van der Waals surface area contributed by atoms with E-state index in [1.54, 1.807) is 31.4 Å². The number of benzene rings is 2. The van der Waals surface area contributed by atoms with Crippen LogP contribution in [0.3, 0.4) is 0 Å². The molecule has 0 aliphatic rings. The van der Waals surface area contributed by atoms with Gasteiger partial charge in [-0.15, -0.1) is 0 Å². The number of rotatable bonds is 15. The molecule has 0 aliphatic heterocycles. The molecule has 2 aromatic carbocycles. The summed E-state index contributed by atoms with van der Waals surface area (Å²) in [7, 11) is 0.551. The molecular weight excluding hydrogens is 510 g/mol. The Morgan fingerprint density at radius 3 is 2.11 bits per heavy atom. The van der Waals surface area contributed by atoms with Crippen molar-refractivity contribution in [2.45, 2.75) is 45.7 Å². The van der Waals surface area contributed by atoms with Crippen LogP contribution in [0.25, 0.3) is 0 Å². The van der Waals surface area contributed by atoms with Crippen molar-refractivity contribution in [2.24, 2.45) is 0 Å². The first-order chi connectivity index (χ1) is 18.1. The highest BCUT2D eigenvalue weighted by atomic mass is 32.2. The summed E-state index contributed by atoms with van der Waals surface area (Å²) in [6.45, 7) is 3.93. The predicted octanol–water partition coefficient (Wildman–Crippen LogP) is 3.20. The van der Waals surface area contributed by atoms with Crippen molar-refractivity contribution in [2.75, 3.05) is 45.0 Å². The van der Waals surface area contributed by atoms with E-state index >= 15 is 0 Å². The fraction of sp³-hybridized carbons (Fsp3) is 0.481. The molecule has 0 heterocycles. The van der Waals surface area contributed by atoms with Crippen LogP contribution in [0.4, 0.5) is 5.69 Å². The number of nitrogens with zero attached hydrogens (tertiary/aromatic N) is 2. The number of nitrogens with one attached hydrogen (secondary N) is 1. The first kappa shape index (κ1) is 30.8. The second-order valence-corrected chi connectivity index (χ2v) is 10.7. The second kappa shape index (κ2) is 14.5. The third-order valence-corrected chi connectivity index (χ3v) is 7.19. The van der Waals surface area contributed by atoms with Crippen LogP contribution in [0.2, 0.25) is 0 Å². The number of methoxy groups -OCH3 is 3. The van der Waals surface area contributed by atoms with Gasteiger partial charge in [0, 0.05) is 19.2 Å². The third kappa shape index (κ3) is 8.27. The zero-order valence-electron chi connectivity index (χ0n) is 23.0. The van der Waals surface area contributed by atoms with Gasteiger partial charge < -0.3 is 24.4 Å². The molecule has 2 rings (SSSR count). The van der Waals surface area contributed by atoms with E-state index in [0.29, 0.717) is 24.5 Å². The highest BCUT2D eigenvalue weighted by Crippen LogP contribution is 2.33. The van der Waals surface area contributed by atoms with Gasteiger partial charge in [0.2, 0.25) is 21.8 Å². The lowest BCUT2D eigenvalue weighted by molar-refractivity contribution is -0.140. The standard InChI is InChI=1S/C27H39N3O7S/c1-7-9-16-28-27(32)23(8-2)29(18-20-10-12-21(35-3)13-11-20)26(31)19-30(38(6,33)34)24-15-14-22(36-4)17-25(24)37-5/h10-15,17,23H,7-9,16,18-19H2,1-6H3,(H,28,32). The number of carbonyl (C=O) groups is 2. The first-order valence-electron chi connectivity index (χ1n) is 12.5. The molecule has 38 heavy (non-hydrogen) atoms. The Kier molecular flexibility index (Phi) is 11.7. The molecule has 210 valence electrons. The van der Waals surface area contributed by atoms with Gasteiger partial charge in [-0.3, -0.25) is 13.9 Å². The highest BCUT2D eigenvalue weighted by Gasteiger charge is 2.32. The van der Waals surface area contributed by atoms with E-state index in [1.807, 2.05) is 26.0 Å². The topological polar surface area (TPSA) is 114 Å². The van der Waals surface area contributed by atoms with Gasteiger partial charge in [0.05, 0.1) is 33.3 Å². The van der Waals surface area contributed by atoms with Crippen LogP contribution in [0.5, 0.6) is 17.2 Å². The molecule has 2 aromatic rings. The van der Waals surface area contributed by atoms with E-state index in [-0.39, 0.29) is 23.9 Å². The zero-order valence-corrected chi connectivity index (χ0v) is 23.8. The highest BCUT2D eigenvalue weighted by molar-refractivity contribution is 7.92.